The van der Waals surface area contributed by atoms with E-state index in [1.807, 2.05) is 52.0 Å². The molecule has 5 rings (SSSR count). The summed E-state index contributed by atoms with van der Waals surface area (Å²) in [5, 5.41) is 0.918. The smallest absolute Gasteiger partial charge is 0.410 e. The summed E-state index contributed by atoms with van der Waals surface area (Å²) < 4.78 is 18.3. The van der Waals surface area contributed by atoms with Crippen LogP contribution in [0.1, 0.15) is 51.3 Å². The molecular formula is C31H39N3O4. The minimum atomic E-state index is -0.574. The second-order valence-corrected chi connectivity index (χ2v) is 11.3. The Balaban J connectivity index is 1.29. The van der Waals surface area contributed by atoms with Crippen molar-refractivity contribution in [2.75, 3.05) is 37.7 Å². The van der Waals surface area contributed by atoms with Gasteiger partial charge in [0, 0.05) is 36.4 Å². The number of hydrogen-bond donors (Lipinski definition) is 0. The Kier molecular flexibility index (Phi) is 7.63. The summed E-state index contributed by atoms with van der Waals surface area (Å²) in [6.45, 7) is 10.9. The Morgan fingerprint density at radius 2 is 1.97 bits per heavy atom. The van der Waals surface area contributed by atoms with Crippen molar-refractivity contribution in [3.8, 4) is 11.5 Å². The monoisotopic (exact) mass is 517 g/mol. The number of carbonyl (C=O) groups excluding carboxylic acids is 1. The fourth-order valence-corrected chi connectivity index (χ4v) is 5.25. The third-order valence-corrected chi connectivity index (χ3v) is 7.02. The lowest BCUT2D eigenvalue weighted by Gasteiger charge is -2.33. The van der Waals surface area contributed by atoms with E-state index in [0.29, 0.717) is 31.2 Å². The van der Waals surface area contributed by atoms with Crippen LogP contribution in [-0.4, -0.2) is 60.5 Å². The highest BCUT2D eigenvalue weighted by Crippen LogP contribution is 2.38. The lowest BCUT2D eigenvalue weighted by Crippen LogP contribution is -2.46. The second-order valence-electron chi connectivity index (χ2n) is 11.3. The van der Waals surface area contributed by atoms with Crippen molar-refractivity contribution in [1.82, 2.24) is 9.88 Å². The summed E-state index contributed by atoms with van der Waals surface area (Å²) in [7, 11) is 0. The summed E-state index contributed by atoms with van der Waals surface area (Å²) in [5.41, 5.74) is 3.99. The number of benzene rings is 2. The molecule has 3 aromatic rings. The van der Waals surface area contributed by atoms with Gasteiger partial charge in [0.25, 0.3) is 0 Å². The number of aryl methyl sites for hydroxylation is 2. The van der Waals surface area contributed by atoms with Crippen LogP contribution in [0.5, 0.6) is 11.5 Å². The number of carbonyl (C=O) groups is 1. The molecule has 0 bridgehead atoms. The maximum absolute atomic E-state index is 13.2. The molecule has 0 aliphatic carbocycles. The Hall–Kier alpha value is -3.48. The molecule has 38 heavy (non-hydrogen) atoms. The van der Waals surface area contributed by atoms with Crippen molar-refractivity contribution in [2.45, 2.75) is 65.1 Å². The topological polar surface area (TPSA) is 64.1 Å². The first-order valence-electron chi connectivity index (χ1n) is 13.8. The van der Waals surface area contributed by atoms with Gasteiger partial charge in [-0.2, -0.15) is 0 Å². The summed E-state index contributed by atoms with van der Waals surface area (Å²) in [4.78, 5) is 22.1. The molecule has 3 heterocycles. The van der Waals surface area contributed by atoms with Gasteiger partial charge in [-0.05, 0) is 89.3 Å². The summed E-state index contributed by atoms with van der Waals surface area (Å²) >= 11 is 0. The van der Waals surface area contributed by atoms with Crippen LogP contribution >= 0.6 is 0 Å². The molecule has 0 fully saturated rings. The first kappa shape index (κ1) is 26.1. The molecule has 0 radical (unpaired) electrons. The van der Waals surface area contributed by atoms with E-state index >= 15 is 0 Å². The number of fused-ring (bicyclic) bond motifs is 4. The Bertz CT molecular complexity index is 1290. The normalized spacial score (nSPS) is 17.1. The number of para-hydroxylation sites is 1. The van der Waals surface area contributed by atoms with Gasteiger partial charge < -0.3 is 24.0 Å². The highest BCUT2D eigenvalue weighted by molar-refractivity contribution is 5.88. The zero-order chi connectivity index (χ0) is 26.7. The molecule has 2 aliphatic rings. The van der Waals surface area contributed by atoms with Crippen molar-refractivity contribution in [1.29, 1.82) is 0 Å². The van der Waals surface area contributed by atoms with Crippen LogP contribution < -0.4 is 14.4 Å². The molecule has 0 unspecified atom stereocenters. The number of anilines is 1. The third-order valence-electron chi connectivity index (χ3n) is 7.02. The zero-order valence-corrected chi connectivity index (χ0v) is 23.0. The molecule has 0 saturated carbocycles. The first-order chi connectivity index (χ1) is 18.3. The van der Waals surface area contributed by atoms with Gasteiger partial charge in [0.2, 0.25) is 0 Å². The van der Waals surface area contributed by atoms with Gasteiger partial charge in [0.1, 0.15) is 12.2 Å². The van der Waals surface area contributed by atoms with Crippen molar-refractivity contribution in [3.63, 3.8) is 0 Å². The Morgan fingerprint density at radius 1 is 1.13 bits per heavy atom. The number of ether oxygens (including phenoxy) is 3. The molecule has 0 saturated heterocycles. The summed E-state index contributed by atoms with van der Waals surface area (Å²) in [6.07, 6.45) is 3.73. The molecule has 2 aromatic carbocycles. The van der Waals surface area contributed by atoms with Gasteiger partial charge in [-0.15, -0.1) is 0 Å². The van der Waals surface area contributed by atoms with E-state index in [-0.39, 0.29) is 12.2 Å². The first-order valence-corrected chi connectivity index (χ1v) is 13.8. The van der Waals surface area contributed by atoms with Crippen LogP contribution in [0.4, 0.5) is 10.5 Å². The van der Waals surface area contributed by atoms with Gasteiger partial charge in [0.15, 0.2) is 17.6 Å². The van der Waals surface area contributed by atoms with E-state index in [1.54, 1.807) is 4.90 Å². The van der Waals surface area contributed by atoms with Crippen LogP contribution in [0.25, 0.3) is 10.9 Å². The van der Waals surface area contributed by atoms with Crippen molar-refractivity contribution < 1.29 is 19.0 Å². The third kappa shape index (κ3) is 6.14. The molecule has 202 valence electrons. The lowest BCUT2D eigenvalue weighted by atomic mass is 10.1. The lowest BCUT2D eigenvalue weighted by molar-refractivity contribution is 0.00853. The molecule has 2 aliphatic heterocycles. The van der Waals surface area contributed by atoms with Crippen molar-refractivity contribution in [3.05, 3.63) is 59.8 Å². The molecule has 1 aromatic heterocycles. The molecule has 7 nitrogen and oxygen atoms in total. The van der Waals surface area contributed by atoms with Crippen molar-refractivity contribution >= 4 is 22.7 Å². The van der Waals surface area contributed by atoms with Crippen molar-refractivity contribution in [2.24, 2.45) is 0 Å². The number of nitrogens with zero attached hydrogens (tertiary/aromatic N) is 3. The highest BCUT2D eigenvalue weighted by atomic mass is 16.6. The van der Waals surface area contributed by atoms with E-state index in [4.69, 9.17) is 14.2 Å². The number of amides is 1. The number of aromatic nitrogens is 1. The number of rotatable bonds is 6. The maximum Gasteiger partial charge on any atom is 0.410 e. The van der Waals surface area contributed by atoms with E-state index in [2.05, 4.69) is 34.1 Å². The second kappa shape index (κ2) is 11.1. The largest absolute Gasteiger partial charge is 0.486 e. The molecule has 1 atom stereocenters. The van der Waals surface area contributed by atoms with Gasteiger partial charge >= 0.3 is 6.09 Å². The predicted molar refractivity (Wildman–Crippen MR) is 150 cm³/mol. The minimum absolute atomic E-state index is 0.305. The Labute approximate surface area is 225 Å². The average molecular weight is 518 g/mol. The minimum Gasteiger partial charge on any atom is -0.486 e. The SMILES string of the molecule is Cc1ccc2c3c(ccc2n1)OC[C@H](CN(CCCN1CCCCc2ccccc21)C(=O)OC(C)(C)C)O3. The van der Waals surface area contributed by atoms with Gasteiger partial charge in [-0.1, -0.05) is 18.2 Å². The summed E-state index contributed by atoms with van der Waals surface area (Å²) in [6, 6.07) is 16.6. The fraction of sp³-hybridized carbons (Fsp3) is 0.484. The standard InChI is InChI=1S/C31H39N3O4/c1-22-13-14-25-26(32-22)15-16-28-29(25)37-24(21-36-28)20-34(30(35)38-31(2,3)4)19-9-18-33-17-8-7-11-23-10-5-6-12-27(23)33/h5-6,10,12-16,24H,7-9,11,17-21H2,1-4H3/t24-/m0/s1. The van der Waals surface area contributed by atoms with E-state index in [0.717, 1.165) is 42.5 Å². The maximum atomic E-state index is 13.2. The van der Waals surface area contributed by atoms with Gasteiger partial charge in [-0.25, -0.2) is 4.79 Å². The van der Waals surface area contributed by atoms with Crippen LogP contribution in [0.2, 0.25) is 0 Å². The Morgan fingerprint density at radius 3 is 2.82 bits per heavy atom. The van der Waals surface area contributed by atoms with E-state index in [9.17, 15) is 4.79 Å². The summed E-state index contributed by atoms with van der Waals surface area (Å²) in [5.74, 6) is 1.40. The predicted octanol–water partition coefficient (Wildman–Crippen LogP) is 6.15. The van der Waals surface area contributed by atoms with Crippen LogP contribution in [0.15, 0.2) is 48.5 Å². The molecule has 1 amide bonds. The number of hydrogen-bond acceptors (Lipinski definition) is 6. The van der Waals surface area contributed by atoms with E-state index < -0.39 is 5.60 Å². The zero-order valence-electron chi connectivity index (χ0n) is 23.0. The quantitative estimate of drug-likeness (QED) is 0.391. The number of pyridine rings is 1. The molecule has 7 heteroatoms. The molecule has 0 spiro atoms. The molecular weight excluding hydrogens is 478 g/mol. The van der Waals surface area contributed by atoms with Crippen LogP contribution in [0.3, 0.4) is 0 Å². The molecule has 0 N–H and O–H groups in total. The van der Waals surface area contributed by atoms with Crippen LogP contribution in [0, 0.1) is 6.92 Å². The average Bonchev–Trinajstić information content (AvgIpc) is 3.09. The van der Waals surface area contributed by atoms with Crippen LogP contribution in [-0.2, 0) is 11.2 Å². The van der Waals surface area contributed by atoms with Gasteiger partial charge in [0.05, 0.1) is 12.1 Å². The highest BCUT2D eigenvalue weighted by Gasteiger charge is 2.29. The fourth-order valence-electron chi connectivity index (χ4n) is 5.25. The van der Waals surface area contributed by atoms with Gasteiger partial charge in [-0.3, -0.25) is 4.98 Å². The van der Waals surface area contributed by atoms with E-state index in [1.165, 1.54) is 24.1 Å².